The van der Waals surface area contributed by atoms with E-state index in [4.69, 9.17) is 12.2 Å². The zero-order valence-corrected chi connectivity index (χ0v) is 12.5. The number of rotatable bonds is 6. The van der Waals surface area contributed by atoms with Crippen LogP contribution in [0.1, 0.15) is 38.5 Å². The van der Waals surface area contributed by atoms with E-state index < -0.39 is 10.0 Å². The molecule has 0 spiro atoms. The van der Waals surface area contributed by atoms with Crippen molar-refractivity contribution in [1.29, 1.82) is 0 Å². The third-order valence-electron chi connectivity index (χ3n) is 2.94. The third kappa shape index (κ3) is 7.84. The van der Waals surface area contributed by atoms with Gasteiger partial charge in [0, 0.05) is 19.1 Å². The van der Waals surface area contributed by atoms with Crippen LogP contribution >= 0.6 is 12.2 Å². The largest absolute Gasteiger partial charge is 0.363 e. The fourth-order valence-electron chi connectivity index (χ4n) is 2.03. The molecule has 3 N–H and O–H groups in total. The van der Waals surface area contributed by atoms with Gasteiger partial charge in [-0.2, -0.15) is 0 Å². The van der Waals surface area contributed by atoms with E-state index in [2.05, 4.69) is 15.4 Å². The first-order valence-electron chi connectivity index (χ1n) is 6.46. The molecule has 0 aromatic rings. The molecule has 0 aromatic carbocycles. The molecule has 0 aliphatic heterocycles. The van der Waals surface area contributed by atoms with Gasteiger partial charge in [-0.3, -0.25) is 0 Å². The summed E-state index contributed by atoms with van der Waals surface area (Å²) in [5, 5.41) is 7.09. The summed E-state index contributed by atoms with van der Waals surface area (Å²) in [6.45, 7) is 1.12. The normalized spacial score (nSPS) is 17.4. The molecule has 7 heteroatoms. The first kappa shape index (κ1) is 15.7. The highest BCUT2D eigenvalue weighted by Crippen LogP contribution is 2.17. The van der Waals surface area contributed by atoms with Crippen molar-refractivity contribution in [3.63, 3.8) is 0 Å². The highest BCUT2D eigenvalue weighted by Gasteiger charge is 2.13. The lowest BCUT2D eigenvalue weighted by atomic mass is 9.96. The molecule has 0 amide bonds. The molecule has 1 aliphatic carbocycles. The van der Waals surface area contributed by atoms with E-state index in [1.165, 1.54) is 32.1 Å². The topological polar surface area (TPSA) is 70.2 Å². The summed E-state index contributed by atoms with van der Waals surface area (Å²) in [6, 6.07) is 0.507. The summed E-state index contributed by atoms with van der Waals surface area (Å²) in [6.07, 6.45) is 8.15. The van der Waals surface area contributed by atoms with Gasteiger partial charge < -0.3 is 10.6 Å². The molecule has 0 unspecified atom stereocenters. The second-order valence-electron chi connectivity index (χ2n) is 4.76. The van der Waals surface area contributed by atoms with Gasteiger partial charge >= 0.3 is 0 Å². The van der Waals surface area contributed by atoms with Crippen molar-refractivity contribution in [3.8, 4) is 0 Å². The molecule has 1 saturated carbocycles. The minimum Gasteiger partial charge on any atom is -0.363 e. The smallest absolute Gasteiger partial charge is 0.208 e. The van der Waals surface area contributed by atoms with Crippen molar-refractivity contribution in [2.24, 2.45) is 0 Å². The van der Waals surface area contributed by atoms with Crippen LogP contribution in [0.15, 0.2) is 0 Å². The number of nitrogens with one attached hydrogen (secondary N) is 3. The molecule has 18 heavy (non-hydrogen) atoms. The number of sulfonamides is 1. The summed E-state index contributed by atoms with van der Waals surface area (Å²) in [5.74, 6) is 0. The monoisotopic (exact) mass is 293 g/mol. The Hall–Kier alpha value is -0.400. The average molecular weight is 293 g/mol. The first-order valence-corrected chi connectivity index (χ1v) is 8.76. The van der Waals surface area contributed by atoms with Crippen LogP contribution in [0.2, 0.25) is 0 Å². The Labute approximate surface area is 115 Å². The van der Waals surface area contributed by atoms with Gasteiger partial charge in [0.2, 0.25) is 10.0 Å². The van der Waals surface area contributed by atoms with E-state index in [0.717, 1.165) is 12.7 Å². The van der Waals surface area contributed by atoms with Crippen LogP contribution in [0.5, 0.6) is 0 Å². The summed E-state index contributed by atoms with van der Waals surface area (Å²) in [4.78, 5) is 0. The zero-order valence-electron chi connectivity index (χ0n) is 10.9. The van der Waals surface area contributed by atoms with Gasteiger partial charge in [-0.25, -0.2) is 13.1 Å². The molecular weight excluding hydrogens is 270 g/mol. The molecule has 0 radical (unpaired) electrons. The molecule has 0 bridgehead atoms. The lowest BCUT2D eigenvalue weighted by Crippen LogP contribution is -2.43. The van der Waals surface area contributed by atoms with Gasteiger partial charge in [0.1, 0.15) is 0 Å². The van der Waals surface area contributed by atoms with Crippen LogP contribution in [0.25, 0.3) is 0 Å². The SMILES string of the molecule is CS(=O)(=O)NCCCNC(=S)NC1CCCCC1. The molecule has 0 atom stereocenters. The molecule has 0 saturated heterocycles. The van der Waals surface area contributed by atoms with Gasteiger partial charge in [0.15, 0.2) is 5.11 Å². The first-order chi connectivity index (χ1) is 8.47. The maximum atomic E-state index is 10.8. The van der Waals surface area contributed by atoms with Crippen molar-refractivity contribution in [2.75, 3.05) is 19.3 Å². The zero-order chi connectivity index (χ0) is 13.4. The van der Waals surface area contributed by atoms with E-state index in [0.29, 0.717) is 24.2 Å². The van der Waals surface area contributed by atoms with Crippen LogP contribution < -0.4 is 15.4 Å². The molecule has 1 aliphatic rings. The van der Waals surface area contributed by atoms with Crippen LogP contribution in [-0.2, 0) is 10.0 Å². The van der Waals surface area contributed by atoms with Gasteiger partial charge in [-0.15, -0.1) is 0 Å². The maximum absolute atomic E-state index is 10.8. The van der Waals surface area contributed by atoms with E-state index >= 15 is 0 Å². The Morgan fingerprint density at radius 2 is 1.89 bits per heavy atom. The molecule has 106 valence electrons. The Kier molecular flexibility index (Phi) is 6.88. The predicted octanol–water partition coefficient (Wildman–Crippen LogP) is 0.722. The third-order valence-corrected chi connectivity index (χ3v) is 3.93. The van der Waals surface area contributed by atoms with Gasteiger partial charge in [0.05, 0.1) is 6.26 Å². The molecule has 1 fully saturated rings. The van der Waals surface area contributed by atoms with Crippen LogP contribution in [0.3, 0.4) is 0 Å². The maximum Gasteiger partial charge on any atom is 0.208 e. The molecule has 0 heterocycles. The van der Waals surface area contributed by atoms with Gasteiger partial charge in [-0.1, -0.05) is 19.3 Å². The summed E-state index contributed by atoms with van der Waals surface area (Å²) < 4.78 is 24.1. The van der Waals surface area contributed by atoms with E-state index in [1.54, 1.807) is 0 Å². The number of hydrogen-bond acceptors (Lipinski definition) is 3. The molecule has 1 rings (SSSR count). The van der Waals surface area contributed by atoms with E-state index in [-0.39, 0.29) is 0 Å². The van der Waals surface area contributed by atoms with Crippen LogP contribution in [-0.4, -0.2) is 38.9 Å². The Balaban J connectivity index is 2.03. The highest BCUT2D eigenvalue weighted by atomic mass is 32.2. The lowest BCUT2D eigenvalue weighted by Gasteiger charge is -2.24. The average Bonchev–Trinajstić information content (AvgIpc) is 2.28. The standard InChI is InChI=1S/C11H23N3O2S2/c1-18(15,16)13-9-5-8-12-11(17)14-10-6-3-2-4-7-10/h10,13H,2-9H2,1H3,(H2,12,14,17). The molecule has 0 aromatic heterocycles. The fraction of sp³-hybridized carbons (Fsp3) is 0.909. The lowest BCUT2D eigenvalue weighted by molar-refractivity contribution is 0.412. The Morgan fingerprint density at radius 3 is 2.50 bits per heavy atom. The minimum absolute atomic E-state index is 0.442. The number of thiocarbonyl (C=S) groups is 1. The number of hydrogen-bond donors (Lipinski definition) is 3. The van der Waals surface area contributed by atoms with Crippen molar-refractivity contribution in [2.45, 2.75) is 44.6 Å². The minimum atomic E-state index is -3.07. The molecular formula is C11H23N3O2S2. The van der Waals surface area contributed by atoms with Crippen molar-refractivity contribution < 1.29 is 8.42 Å². The van der Waals surface area contributed by atoms with Crippen LogP contribution in [0.4, 0.5) is 0 Å². The summed E-state index contributed by atoms with van der Waals surface area (Å²) >= 11 is 5.20. The Bertz CT molecular complexity index is 351. The summed E-state index contributed by atoms with van der Waals surface area (Å²) in [7, 11) is -3.07. The highest BCUT2D eigenvalue weighted by molar-refractivity contribution is 7.88. The van der Waals surface area contributed by atoms with Gasteiger partial charge in [-0.05, 0) is 31.5 Å². The quantitative estimate of drug-likeness (QED) is 0.497. The van der Waals surface area contributed by atoms with E-state index in [1.807, 2.05) is 0 Å². The van der Waals surface area contributed by atoms with E-state index in [9.17, 15) is 8.42 Å². The second-order valence-corrected chi connectivity index (χ2v) is 7.00. The van der Waals surface area contributed by atoms with Crippen molar-refractivity contribution in [1.82, 2.24) is 15.4 Å². The fourth-order valence-corrected chi connectivity index (χ4v) is 2.82. The predicted molar refractivity (Wildman–Crippen MR) is 78.1 cm³/mol. The molecule has 5 nitrogen and oxygen atoms in total. The summed E-state index contributed by atoms with van der Waals surface area (Å²) in [5.41, 5.74) is 0. The van der Waals surface area contributed by atoms with Crippen molar-refractivity contribution >= 4 is 27.4 Å². The van der Waals surface area contributed by atoms with Crippen molar-refractivity contribution in [3.05, 3.63) is 0 Å². The van der Waals surface area contributed by atoms with Crippen LogP contribution in [0, 0.1) is 0 Å². The van der Waals surface area contributed by atoms with Gasteiger partial charge in [0.25, 0.3) is 0 Å². The second kappa shape index (κ2) is 7.91. The Morgan fingerprint density at radius 1 is 1.22 bits per heavy atom.